The Morgan fingerprint density at radius 3 is 2.38 bits per heavy atom. The Labute approximate surface area is 221 Å². The average molecular weight is 498 g/mol. The van der Waals surface area contributed by atoms with Gasteiger partial charge in [0.1, 0.15) is 5.75 Å². The molecule has 1 saturated carbocycles. The van der Waals surface area contributed by atoms with E-state index in [-0.39, 0.29) is 5.91 Å². The number of methoxy groups -OCH3 is 1. The van der Waals surface area contributed by atoms with Crippen LogP contribution in [0.4, 0.5) is 5.69 Å². The number of nitrogens with one attached hydrogen (secondary N) is 1. The quantitative estimate of drug-likeness (QED) is 0.398. The van der Waals surface area contributed by atoms with Gasteiger partial charge in [-0.05, 0) is 80.2 Å². The first-order chi connectivity index (χ1) is 17.9. The van der Waals surface area contributed by atoms with Gasteiger partial charge in [-0.2, -0.15) is 0 Å². The highest BCUT2D eigenvalue weighted by Gasteiger charge is 2.40. The third-order valence-electron chi connectivity index (χ3n) is 8.60. The van der Waals surface area contributed by atoms with Gasteiger partial charge in [0.15, 0.2) is 0 Å². The van der Waals surface area contributed by atoms with E-state index in [9.17, 15) is 4.79 Å². The summed E-state index contributed by atoms with van der Waals surface area (Å²) in [5.74, 6) is 0.446. The normalized spacial score (nSPS) is 16.4. The number of piperidine rings is 1. The number of hydrogen-bond donors (Lipinski definition) is 1. The van der Waals surface area contributed by atoms with Crippen molar-refractivity contribution in [2.75, 3.05) is 25.1 Å². The van der Waals surface area contributed by atoms with Crippen LogP contribution in [-0.4, -0.2) is 31.1 Å². The number of nitrogens with zero attached hydrogens (tertiary/aromatic N) is 2. The molecule has 2 aromatic carbocycles. The molecule has 1 aliphatic heterocycles. The third-order valence-corrected chi connectivity index (χ3v) is 8.60. The zero-order chi connectivity index (χ0) is 26.0. The smallest absolute Gasteiger partial charge is 0.255 e. The molecule has 1 aromatic heterocycles. The van der Waals surface area contributed by atoms with Gasteiger partial charge in [-0.1, -0.05) is 49.7 Å². The van der Waals surface area contributed by atoms with Crippen LogP contribution in [0.2, 0.25) is 0 Å². The van der Waals surface area contributed by atoms with E-state index in [1.54, 1.807) is 7.11 Å². The first-order valence-electron chi connectivity index (χ1n) is 13.7. The van der Waals surface area contributed by atoms with Crippen molar-refractivity contribution in [3.05, 3.63) is 76.6 Å². The predicted molar refractivity (Wildman–Crippen MR) is 150 cm³/mol. The van der Waals surface area contributed by atoms with Crippen molar-refractivity contribution in [3.63, 3.8) is 0 Å². The maximum atomic E-state index is 13.1. The van der Waals surface area contributed by atoms with E-state index in [1.165, 1.54) is 48.9 Å². The summed E-state index contributed by atoms with van der Waals surface area (Å²) in [5, 5.41) is 3.03. The highest BCUT2D eigenvalue weighted by molar-refractivity contribution is 5.98. The molecule has 1 N–H and O–H groups in total. The van der Waals surface area contributed by atoms with Crippen LogP contribution in [0.3, 0.4) is 0 Å². The predicted octanol–water partition coefficient (Wildman–Crippen LogP) is 6.64. The standard InChI is InChI=1S/C32H39N3O2/c1-5-26-22(2)34-23(3)29(30(26)35-18-16-32(17-19-35)14-9-15-32)25-12-13-27(28(20-25)37-4)31(36)33-21-24-10-7-6-8-11-24/h6-8,10-13,20H,5,9,14-19,21H2,1-4H3,(H,33,36). The molecule has 5 nitrogen and oxygen atoms in total. The van der Waals surface area contributed by atoms with Crippen LogP contribution in [0.15, 0.2) is 48.5 Å². The first kappa shape index (κ1) is 25.3. The number of carbonyl (C=O) groups excluding carboxylic acids is 1. The summed E-state index contributed by atoms with van der Waals surface area (Å²) in [6.45, 7) is 9.14. The highest BCUT2D eigenvalue weighted by atomic mass is 16.5. The lowest BCUT2D eigenvalue weighted by molar-refractivity contribution is 0.0947. The number of amides is 1. The molecule has 5 heteroatoms. The number of hydrogen-bond acceptors (Lipinski definition) is 4. The molecule has 0 atom stereocenters. The van der Waals surface area contributed by atoms with Crippen LogP contribution in [0.5, 0.6) is 5.75 Å². The van der Waals surface area contributed by atoms with Crippen molar-refractivity contribution < 1.29 is 9.53 Å². The van der Waals surface area contributed by atoms with Gasteiger partial charge in [-0.25, -0.2) is 0 Å². The second kappa shape index (κ2) is 10.6. The third kappa shape index (κ3) is 4.96. The number of rotatable bonds is 7. The molecule has 0 radical (unpaired) electrons. The first-order valence-corrected chi connectivity index (χ1v) is 13.7. The molecule has 2 aliphatic rings. The average Bonchev–Trinajstić information content (AvgIpc) is 2.91. The fraction of sp³-hybridized carbons (Fsp3) is 0.438. The molecule has 1 aliphatic carbocycles. The maximum Gasteiger partial charge on any atom is 0.255 e. The molecule has 0 bridgehead atoms. The number of aryl methyl sites for hydroxylation is 2. The van der Waals surface area contributed by atoms with Crippen molar-refractivity contribution in [1.82, 2.24) is 10.3 Å². The van der Waals surface area contributed by atoms with E-state index in [1.807, 2.05) is 42.5 Å². The SMILES string of the molecule is CCc1c(C)nc(C)c(-c2ccc(C(=O)NCc3ccccc3)c(OC)c2)c1N1CCC2(CCC2)CC1. The minimum Gasteiger partial charge on any atom is -0.496 e. The van der Waals surface area contributed by atoms with E-state index in [0.29, 0.717) is 23.3 Å². The minimum atomic E-state index is -0.137. The van der Waals surface area contributed by atoms with Gasteiger partial charge in [0.2, 0.25) is 0 Å². The lowest BCUT2D eigenvalue weighted by Crippen LogP contribution is -2.44. The van der Waals surface area contributed by atoms with Gasteiger partial charge < -0.3 is 15.0 Å². The summed E-state index contributed by atoms with van der Waals surface area (Å²) in [5.41, 5.74) is 9.22. The Kier molecular flexibility index (Phi) is 7.23. The van der Waals surface area contributed by atoms with Crippen LogP contribution in [0.1, 0.15) is 71.9 Å². The Morgan fingerprint density at radius 2 is 1.76 bits per heavy atom. The number of benzene rings is 2. The van der Waals surface area contributed by atoms with Crippen LogP contribution < -0.4 is 15.0 Å². The minimum absolute atomic E-state index is 0.137. The van der Waals surface area contributed by atoms with Crippen molar-refractivity contribution in [2.45, 2.75) is 65.8 Å². The molecular weight excluding hydrogens is 458 g/mol. The number of anilines is 1. The summed E-state index contributed by atoms with van der Waals surface area (Å²) >= 11 is 0. The van der Waals surface area contributed by atoms with E-state index in [0.717, 1.165) is 42.0 Å². The Hall–Kier alpha value is -3.34. The van der Waals surface area contributed by atoms with Gasteiger partial charge in [-0.15, -0.1) is 0 Å². The van der Waals surface area contributed by atoms with Crippen LogP contribution >= 0.6 is 0 Å². The summed E-state index contributed by atoms with van der Waals surface area (Å²) in [6, 6.07) is 15.9. The molecule has 1 spiro atoms. The molecule has 3 aromatic rings. The van der Waals surface area contributed by atoms with Crippen LogP contribution in [0.25, 0.3) is 11.1 Å². The van der Waals surface area contributed by atoms with Crippen molar-refractivity contribution in [1.29, 1.82) is 0 Å². The summed E-state index contributed by atoms with van der Waals surface area (Å²) in [6.07, 6.45) is 7.69. The number of ether oxygens (including phenoxy) is 1. The topological polar surface area (TPSA) is 54.5 Å². The van der Waals surface area contributed by atoms with Gasteiger partial charge in [-0.3, -0.25) is 9.78 Å². The summed E-state index contributed by atoms with van der Waals surface area (Å²) < 4.78 is 5.74. The molecule has 1 amide bonds. The maximum absolute atomic E-state index is 13.1. The van der Waals surface area contributed by atoms with Crippen LogP contribution in [-0.2, 0) is 13.0 Å². The van der Waals surface area contributed by atoms with E-state index < -0.39 is 0 Å². The van der Waals surface area contributed by atoms with Gasteiger partial charge >= 0.3 is 0 Å². The molecule has 194 valence electrons. The number of aromatic nitrogens is 1. The molecule has 37 heavy (non-hydrogen) atoms. The zero-order valence-electron chi connectivity index (χ0n) is 22.7. The molecule has 1 saturated heterocycles. The van der Waals surface area contributed by atoms with Crippen molar-refractivity contribution >= 4 is 11.6 Å². The number of carbonyl (C=O) groups is 1. The van der Waals surface area contributed by atoms with Gasteiger partial charge in [0.05, 0.1) is 18.4 Å². The van der Waals surface area contributed by atoms with Crippen molar-refractivity contribution in [2.24, 2.45) is 5.41 Å². The van der Waals surface area contributed by atoms with E-state index in [4.69, 9.17) is 9.72 Å². The van der Waals surface area contributed by atoms with Gasteiger partial charge in [0.25, 0.3) is 5.91 Å². The Morgan fingerprint density at radius 1 is 1.03 bits per heavy atom. The fourth-order valence-corrected chi connectivity index (χ4v) is 6.28. The largest absolute Gasteiger partial charge is 0.496 e. The lowest BCUT2D eigenvalue weighted by atomic mass is 9.63. The fourth-order valence-electron chi connectivity index (χ4n) is 6.28. The Bertz CT molecular complexity index is 1270. The summed E-state index contributed by atoms with van der Waals surface area (Å²) in [7, 11) is 1.63. The molecule has 2 fully saturated rings. The van der Waals surface area contributed by atoms with E-state index in [2.05, 4.69) is 37.1 Å². The zero-order valence-corrected chi connectivity index (χ0v) is 22.7. The number of pyridine rings is 1. The van der Waals surface area contributed by atoms with Gasteiger partial charge in [0, 0.05) is 36.6 Å². The second-order valence-corrected chi connectivity index (χ2v) is 10.8. The highest BCUT2D eigenvalue weighted by Crippen LogP contribution is 2.50. The molecule has 0 unspecified atom stereocenters. The summed E-state index contributed by atoms with van der Waals surface area (Å²) in [4.78, 5) is 20.6. The monoisotopic (exact) mass is 497 g/mol. The second-order valence-electron chi connectivity index (χ2n) is 10.8. The van der Waals surface area contributed by atoms with E-state index >= 15 is 0 Å². The van der Waals surface area contributed by atoms with Crippen LogP contribution in [0, 0.1) is 19.3 Å². The Balaban J connectivity index is 1.48. The molecule has 2 heterocycles. The molecular formula is C32H39N3O2. The molecule has 5 rings (SSSR count). The lowest BCUT2D eigenvalue weighted by Gasteiger charge is -2.49. The van der Waals surface area contributed by atoms with Crippen molar-refractivity contribution in [3.8, 4) is 16.9 Å².